The zero-order valence-corrected chi connectivity index (χ0v) is 8.96. The Morgan fingerprint density at radius 1 is 1.53 bits per heavy atom. The first kappa shape index (κ1) is 9.85. The number of Topliss-reactive ketones (excluding diaryl/α,β-unsaturated/α-hetero) is 1. The van der Waals surface area contributed by atoms with Gasteiger partial charge in [-0.15, -0.1) is 0 Å². The van der Waals surface area contributed by atoms with Gasteiger partial charge in [0.25, 0.3) is 0 Å². The third-order valence-corrected chi connectivity index (χ3v) is 3.35. The maximum atomic E-state index is 11.2. The lowest BCUT2D eigenvalue weighted by Crippen LogP contribution is -1.96. The molecule has 0 aliphatic heterocycles. The molecule has 0 amide bonds. The molecule has 0 radical (unpaired) electrons. The predicted octanol–water partition coefficient (Wildman–Crippen LogP) is 1.61. The first-order chi connectivity index (χ1) is 7.00. The fourth-order valence-corrected chi connectivity index (χ4v) is 2.38. The van der Waals surface area contributed by atoms with E-state index in [0.717, 1.165) is 5.69 Å². The van der Waals surface area contributed by atoms with Gasteiger partial charge in [-0.2, -0.15) is 0 Å². The van der Waals surface area contributed by atoms with Crippen LogP contribution in [0.25, 0.3) is 4.96 Å². The summed E-state index contributed by atoms with van der Waals surface area (Å²) in [7, 11) is 0. The second-order valence-corrected chi connectivity index (χ2v) is 4.13. The number of ketones is 1. The van der Waals surface area contributed by atoms with Crippen molar-refractivity contribution in [2.24, 2.45) is 0 Å². The Morgan fingerprint density at radius 2 is 2.20 bits per heavy atom. The van der Waals surface area contributed by atoms with Crippen molar-refractivity contribution in [1.82, 2.24) is 9.38 Å². The van der Waals surface area contributed by atoms with Crippen molar-refractivity contribution in [3.8, 4) is 0 Å². The van der Waals surface area contributed by atoms with Gasteiger partial charge in [0.2, 0.25) is 0 Å². The van der Waals surface area contributed by atoms with Gasteiger partial charge in [-0.05, 0) is 6.92 Å². The summed E-state index contributed by atoms with van der Waals surface area (Å²) in [5.74, 6) is -1.09. The zero-order chi connectivity index (χ0) is 11.2. The molecule has 0 saturated heterocycles. The van der Waals surface area contributed by atoms with E-state index < -0.39 is 5.97 Å². The number of hydrogen-bond donors (Lipinski definition) is 1. The molecule has 0 unspecified atom stereocenters. The lowest BCUT2D eigenvalue weighted by atomic mass is 10.3. The van der Waals surface area contributed by atoms with Crippen molar-refractivity contribution in [2.75, 3.05) is 0 Å². The number of carboxylic acids is 1. The van der Waals surface area contributed by atoms with Gasteiger partial charge >= 0.3 is 5.97 Å². The monoisotopic (exact) mass is 224 g/mol. The first-order valence-electron chi connectivity index (χ1n) is 4.23. The summed E-state index contributed by atoms with van der Waals surface area (Å²) in [6.45, 7) is 3.25. The molecule has 6 heteroatoms. The van der Waals surface area contributed by atoms with E-state index in [1.165, 1.54) is 24.5 Å². The first-order valence-corrected chi connectivity index (χ1v) is 5.05. The average Bonchev–Trinajstić information content (AvgIpc) is 2.65. The maximum Gasteiger partial charge on any atom is 0.356 e. The standard InChI is InChI=1S/C9H8N2O3S/c1-4-7(5(2)12)15-9-10-6(8(13)14)3-11(4)9/h3H,1-2H3,(H,13,14). The van der Waals surface area contributed by atoms with E-state index in [1.54, 1.807) is 11.3 Å². The molecule has 0 atom stereocenters. The number of aromatic nitrogens is 2. The molecule has 2 aromatic rings. The fraction of sp³-hybridized carbons (Fsp3) is 0.222. The summed E-state index contributed by atoms with van der Waals surface area (Å²) in [5, 5.41) is 8.74. The lowest BCUT2D eigenvalue weighted by Gasteiger charge is -1.91. The topological polar surface area (TPSA) is 71.7 Å². The molecule has 0 fully saturated rings. The minimum absolute atomic E-state index is 0.000507. The van der Waals surface area contributed by atoms with Crippen LogP contribution in [0.15, 0.2) is 6.20 Å². The number of carbonyl (C=O) groups is 2. The second kappa shape index (κ2) is 3.16. The van der Waals surface area contributed by atoms with E-state index in [-0.39, 0.29) is 11.5 Å². The van der Waals surface area contributed by atoms with Crippen LogP contribution in [-0.2, 0) is 0 Å². The van der Waals surface area contributed by atoms with Crippen LogP contribution in [0.5, 0.6) is 0 Å². The van der Waals surface area contributed by atoms with Gasteiger partial charge in [0.15, 0.2) is 16.4 Å². The summed E-state index contributed by atoms with van der Waals surface area (Å²) in [6, 6.07) is 0. The third-order valence-electron chi connectivity index (χ3n) is 2.10. The van der Waals surface area contributed by atoms with Gasteiger partial charge in [0.05, 0.1) is 4.88 Å². The third kappa shape index (κ3) is 1.42. The molecule has 0 saturated carbocycles. The minimum atomic E-state index is -1.06. The van der Waals surface area contributed by atoms with Crippen LogP contribution in [0.1, 0.15) is 32.8 Å². The molecule has 0 bridgehead atoms. The normalized spacial score (nSPS) is 10.8. The van der Waals surface area contributed by atoms with Crippen LogP contribution in [0.3, 0.4) is 0 Å². The van der Waals surface area contributed by atoms with Crippen molar-refractivity contribution in [3.05, 3.63) is 22.5 Å². The van der Waals surface area contributed by atoms with Crippen molar-refractivity contribution in [1.29, 1.82) is 0 Å². The van der Waals surface area contributed by atoms with Crippen LogP contribution < -0.4 is 0 Å². The molecule has 2 aromatic heterocycles. The second-order valence-electron chi connectivity index (χ2n) is 3.16. The number of hydrogen-bond acceptors (Lipinski definition) is 4. The summed E-state index contributed by atoms with van der Waals surface area (Å²) < 4.78 is 1.63. The highest BCUT2D eigenvalue weighted by Gasteiger charge is 2.16. The minimum Gasteiger partial charge on any atom is -0.476 e. The van der Waals surface area contributed by atoms with Crippen molar-refractivity contribution < 1.29 is 14.7 Å². The maximum absolute atomic E-state index is 11.2. The Hall–Kier alpha value is -1.69. The number of imidazole rings is 1. The number of nitrogens with zero attached hydrogens (tertiary/aromatic N) is 2. The van der Waals surface area contributed by atoms with Gasteiger partial charge in [0.1, 0.15) is 0 Å². The predicted molar refractivity (Wildman–Crippen MR) is 54.8 cm³/mol. The van der Waals surface area contributed by atoms with E-state index in [2.05, 4.69) is 4.98 Å². The largest absolute Gasteiger partial charge is 0.476 e. The van der Waals surface area contributed by atoms with E-state index in [4.69, 9.17) is 5.11 Å². The highest BCUT2D eigenvalue weighted by Crippen LogP contribution is 2.23. The number of aryl methyl sites for hydroxylation is 1. The van der Waals surface area contributed by atoms with E-state index in [1.807, 2.05) is 0 Å². The van der Waals surface area contributed by atoms with Gasteiger partial charge in [-0.3, -0.25) is 9.20 Å². The number of thiazole rings is 1. The molecule has 2 rings (SSSR count). The molecule has 15 heavy (non-hydrogen) atoms. The highest BCUT2D eigenvalue weighted by atomic mass is 32.1. The van der Waals surface area contributed by atoms with E-state index >= 15 is 0 Å². The Labute approximate surface area is 89.0 Å². The van der Waals surface area contributed by atoms with Gasteiger partial charge in [-0.1, -0.05) is 11.3 Å². The molecule has 1 N–H and O–H groups in total. The van der Waals surface area contributed by atoms with Gasteiger partial charge in [0, 0.05) is 18.8 Å². The van der Waals surface area contributed by atoms with Gasteiger partial charge in [-0.25, -0.2) is 9.78 Å². The Bertz CT molecular complexity index is 567. The fourth-order valence-electron chi connectivity index (χ4n) is 1.38. The number of carboxylic acid groups (broad SMARTS) is 1. The number of fused-ring (bicyclic) bond motifs is 1. The van der Waals surface area contributed by atoms with E-state index in [0.29, 0.717) is 9.84 Å². The SMILES string of the molecule is CC(=O)c1sc2nc(C(=O)O)cn2c1C. The number of carbonyl (C=O) groups excluding carboxylic acids is 1. The molecular weight excluding hydrogens is 216 g/mol. The van der Waals surface area contributed by atoms with Gasteiger partial charge < -0.3 is 5.11 Å². The molecule has 5 nitrogen and oxygen atoms in total. The van der Waals surface area contributed by atoms with Crippen LogP contribution in [-0.4, -0.2) is 26.2 Å². The quantitative estimate of drug-likeness (QED) is 0.786. The van der Waals surface area contributed by atoms with Crippen LogP contribution in [0.2, 0.25) is 0 Å². The molecule has 2 heterocycles. The summed E-state index contributed by atoms with van der Waals surface area (Å²) in [5.41, 5.74) is 0.738. The van der Waals surface area contributed by atoms with E-state index in [9.17, 15) is 9.59 Å². The Morgan fingerprint density at radius 3 is 2.67 bits per heavy atom. The zero-order valence-electron chi connectivity index (χ0n) is 8.14. The molecule has 0 aromatic carbocycles. The molecule has 78 valence electrons. The summed E-state index contributed by atoms with van der Waals surface area (Å²) >= 11 is 1.21. The highest BCUT2D eigenvalue weighted by molar-refractivity contribution is 7.19. The summed E-state index contributed by atoms with van der Waals surface area (Å²) in [6.07, 6.45) is 1.43. The number of rotatable bonds is 2. The number of aromatic carboxylic acids is 1. The smallest absolute Gasteiger partial charge is 0.356 e. The molecule has 0 aliphatic carbocycles. The summed E-state index contributed by atoms with van der Waals surface area (Å²) in [4.78, 5) is 26.9. The Kier molecular flexibility index (Phi) is 2.08. The molecular formula is C9H8N2O3S. The van der Waals surface area contributed by atoms with Crippen LogP contribution in [0, 0.1) is 6.92 Å². The van der Waals surface area contributed by atoms with Crippen LogP contribution in [0.4, 0.5) is 0 Å². The molecule has 0 spiro atoms. The lowest BCUT2D eigenvalue weighted by molar-refractivity contribution is 0.0691. The molecule has 0 aliphatic rings. The van der Waals surface area contributed by atoms with Crippen molar-refractivity contribution >= 4 is 28.1 Å². The average molecular weight is 224 g/mol. The van der Waals surface area contributed by atoms with Crippen molar-refractivity contribution in [3.63, 3.8) is 0 Å². The Balaban J connectivity index is 2.67. The van der Waals surface area contributed by atoms with Crippen molar-refractivity contribution in [2.45, 2.75) is 13.8 Å². The van der Waals surface area contributed by atoms with Crippen LogP contribution >= 0.6 is 11.3 Å².